The lowest BCUT2D eigenvalue weighted by Gasteiger charge is -2.00. The van der Waals surface area contributed by atoms with Crippen LogP contribution in [0.3, 0.4) is 0 Å². The topological polar surface area (TPSA) is 58.9 Å². The zero-order valence-electron chi connectivity index (χ0n) is 12.8. The van der Waals surface area contributed by atoms with Crippen LogP contribution < -0.4 is 5.43 Å². The molecule has 0 aliphatic heterocycles. The van der Waals surface area contributed by atoms with Crippen molar-refractivity contribution in [3.05, 3.63) is 89.3 Å². The minimum Gasteiger partial charge on any atom is -0.435 e. The largest absolute Gasteiger partial charge is 0.435 e. The monoisotopic (exact) mass is 314 g/mol. The molecule has 2 aromatic carbocycles. The highest BCUT2D eigenvalue weighted by Crippen LogP contribution is 2.34. The van der Waals surface area contributed by atoms with Crippen molar-refractivity contribution in [1.82, 2.24) is 9.97 Å². The second-order valence-electron chi connectivity index (χ2n) is 5.35. The smallest absolute Gasteiger partial charge is 0.232 e. The summed E-state index contributed by atoms with van der Waals surface area (Å²) in [7, 11) is 0. The van der Waals surface area contributed by atoms with Crippen LogP contribution in [0.4, 0.5) is 0 Å². The minimum absolute atomic E-state index is 0.130. The Hall–Kier alpha value is -3.40. The molecule has 4 nitrogen and oxygen atoms in total. The van der Waals surface area contributed by atoms with Gasteiger partial charge in [-0.3, -0.25) is 4.79 Å². The van der Waals surface area contributed by atoms with Gasteiger partial charge in [0.2, 0.25) is 5.89 Å². The van der Waals surface area contributed by atoms with Gasteiger partial charge >= 0.3 is 0 Å². The van der Waals surface area contributed by atoms with Crippen LogP contribution in [0.5, 0.6) is 0 Å². The first kappa shape index (κ1) is 14.2. The number of nitrogens with zero attached hydrogens (tertiary/aromatic N) is 1. The average molecular weight is 314 g/mol. The number of rotatable bonds is 3. The fourth-order valence-corrected chi connectivity index (χ4v) is 2.60. The van der Waals surface area contributed by atoms with E-state index in [0.717, 1.165) is 16.8 Å². The van der Waals surface area contributed by atoms with Crippen molar-refractivity contribution >= 4 is 0 Å². The molecule has 0 saturated carbocycles. The third kappa shape index (κ3) is 2.54. The lowest BCUT2D eigenvalue weighted by Crippen LogP contribution is -2.02. The summed E-state index contributed by atoms with van der Waals surface area (Å²) in [4.78, 5) is 19.6. The Morgan fingerprint density at radius 3 is 2.17 bits per heavy atom. The number of benzene rings is 2. The lowest BCUT2D eigenvalue weighted by molar-refractivity contribution is 0.588. The molecule has 2 heterocycles. The fraction of sp³-hybridized carbons (Fsp3) is 0. The molecule has 0 bridgehead atoms. The summed E-state index contributed by atoms with van der Waals surface area (Å²) < 4.78 is 5.99. The molecule has 1 N–H and O–H groups in total. The summed E-state index contributed by atoms with van der Waals surface area (Å²) in [5.41, 5.74) is 2.87. The molecule has 0 atom stereocenters. The van der Waals surface area contributed by atoms with Crippen LogP contribution in [0.1, 0.15) is 0 Å². The van der Waals surface area contributed by atoms with Crippen LogP contribution in [0.2, 0.25) is 0 Å². The van der Waals surface area contributed by atoms with Gasteiger partial charge in [-0.15, -0.1) is 0 Å². The van der Waals surface area contributed by atoms with Crippen LogP contribution in [-0.4, -0.2) is 9.97 Å². The second-order valence-corrected chi connectivity index (χ2v) is 5.35. The van der Waals surface area contributed by atoms with Gasteiger partial charge < -0.3 is 9.40 Å². The van der Waals surface area contributed by atoms with Gasteiger partial charge in [-0.2, -0.15) is 0 Å². The number of aromatic amines is 1. The highest BCUT2D eigenvalue weighted by atomic mass is 16.4. The van der Waals surface area contributed by atoms with Crippen molar-refractivity contribution in [2.75, 3.05) is 0 Å². The van der Waals surface area contributed by atoms with Gasteiger partial charge in [0.05, 0.1) is 0 Å². The van der Waals surface area contributed by atoms with Gasteiger partial charge in [0.15, 0.2) is 11.2 Å². The van der Waals surface area contributed by atoms with Gasteiger partial charge in [-0.25, -0.2) is 4.98 Å². The number of H-pyrrole nitrogens is 1. The van der Waals surface area contributed by atoms with Crippen molar-refractivity contribution in [3.63, 3.8) is 0 Å². The first-order valence-electron chi connectivity index (χ1n) is 7.62. The molecule has 4 rings (SSSR count). The lowest BCUT2D eigenvalue weighted by atomic mass is 10.1. The molecule has 0 saturated heterocycles. The first-order chi connectivity index (χ1) is 11.8. The van der Waals surface area contributed by atoms with E-state index in [1.54, 1.807) is 12.4 Å². The van der Waals surface area contributed by atoms with E-state index in [1.165, 1.54) is 6.07 Å². The molecule has 116 valence electrons. The van der Waals surface area contributed by atoms with Crippen molar-refractivity contribution in [3.8, 4) is 34.0 Å². The maximum Gasteiger partial charge on any atom is 0.232 e. The normalized spacial score (nSPS) is 10.7. The highest BCUT2D eigenvalue weighted by Gasteiger charge is 2.19. The van der Waals surface area contributed by atoms with Crippen LogP contribution in [0.25, 0.3) is 34.0 Å². The summed E-state index contributed by atoms with van der Waals surface area (Å²) in [5, 5.41) is 0. The van der Waals surface area contributed by atoms with Crippen molar-refractivity contribution in [1.29, 1.82) is 0 Å². The Balaban J connectivity index is 1.95. The molecule has 2 aromatic heterocycles. The Bertz CT molecular complexity index is 961. The van der Waals surface area contributed by atoms with Crippen molar-refractivity contribution in [2.24, 2.45) is 0 Å². The summed E-state index contributed by atoms with van der Waals surface area (Å²) in [5.74, 6) is 0.967. The molecule has 24 heavy (non-hydrogen) atoms. The molecule has 4 heteroatoms. The van der Waals surface area contributed by atoms with E-state index in [4.69, 9.17) is 4.42 Å². The van der Waals surface area contributed by atoms with Crippen LogP contribution in [0.15, 0.2) is 88.3 Å². The van der Waals surface area contributed by atoms with Gasteiger partial charge in [0, 0.05) is 29.6 Å². The molecule has 0 radical (unpaired) electrons. The number of aromatic nitrogens is 2. The number of hydrogen-bond donors (Lipinski definition) is 1. The summed E-state index contributed by atoms with van der Waals surface area (Å²) in [6, 6.07) is 21.0. The Kier molecular flexibility index (Phi) is 3.56. The Labute approximate surface area is 138 Å². The van der Waals surface area contributed by atoms with Crippen LogP contribution in [-0.2, 0) is 0 Å². The molecule has 4 aromatic rings. The van der Waals surface area contributed by atoms with E-state index in [0.29, 0.717) is 17.2 Å². The number of hydrogen-bond acceptors (Lipinski definition) is 3. The predicted octanol–water partition coefficient (Wildman–Crippen LogP) is 4.36. The number of pyridine rings is 1. The van der Waals surface area contributed by atoms with E-state index in [-0.39, 0.29) is 5.43 Å². The highest BCUT2D eigenvalue weighted by molar-refractivity contribution is 5.78. The summed E-state index contributed by atoms with van der Waals surface area (Å²) >= 11 is 0. The number of nitrogens with one attached hydrogen (secondary N) is 1. The third-order valence-electron chi connectivity index (χ3n) is 3.76. The van der Waals surface area contributed by atoms with E-state index >= 15 is 0 Å². The maximum absolute atomic E-state index is 12.1. The quantitative estimate of drug-likeness (QED) is 0.611. The van der Waals surface area contributed by atoms with E-state index in [2.05, 4.69) is 9.97 Å². The zero-order chi connectivity index (χ0) is 16.4. The SMILES string of the molecule is O=c1cc[nH]cc1-c1nc(-c2ccccc2)c(-c2ccccc2)o1. The molecule has 0 aliphatic rings. The Morgan fingerprint density at radius 2 is 1.50 bits per heavy atom. The van der Waals surface area contributed by atoms with Crippen molar-refractivity contribution in [2.45, 2.75) is 0 Å². The van der Waals surface area contributed by atoms with Gasteiger partial charge in [0.1, 0.15) is 11.3 Å². The Morgan fingerprint density at radius 1 is 0.833 bits per heavy atom. The van der Waals surface area contributed by atoms with Gasteiger partial charge in [0.25, 0.3) is 0 Å². The summed E-state index contributed by atoms with van der Waals surface area (Å²) in [6.45, 7) is 0. The molecular weight excluding hydrogens is 300 g/mol. The average Bonchev–Trinajstić information content (AvgIpc) is 3.09. The molecule has 0 amide bonds. The predicted molar refractivity (Wildman–Crippen MR) is 93.4 cm³/mol. The fourth-order valence-electron chi connectivity index (χ4n) is 2.60. The van der Waals surface area contributed by atoms with E-state index in [9.17, 15) is 4.79 Å². The third-order valence-corrected chi connectivity index (χ3v) is 3.76. The molecular formula is C20H14N2O2. The molecule has 0 spiro atoms. The standard InChI is InChI=1S/C20H14N2O2/c23-17-11-12-21-13-16(17)20-22-18(14-7-3-1-4-8-14)19(24-20)15-9-5-2-6-10-15/h1-13H,(H,21,23). The molecule has 0 aliphatic carbocycles. The van der Waals surface area contributed by atoms with Crippen LogP contribution in [0, 0.1) is 0 Å². The first-order valence-corrected chi connectivity index (χ1v) is 7.62. The maximum atomic E-state index is 12.1. The van der Waals surface area contributed by atoms with Gasteiger partial charge in [-0.1, -0.05) is 60.7 Å². The summed E-state index contributed by atoms with van der Waals surface area (Å²) in [6.07, 6.45) is 3.20. The van der Waals surface area contributed by atoms with E-state index < -0.39 is 0 Å². The van der Waals surface area contributed by atoms with Gasteiger partial charge in [-0.05, 0) is 0 Å². The minimum atomic E-state index is -0.130. The van der Waals surface area contributed by atoms with Crippen LogP contribution >= 0.6 is 0 Å². The van der Waals surface area contributed by atoms with Crippen molar-refractivity contribution < 1.29 is 4.42 Å². The molecule has 0 unspecified atom stereocenters. The number of oxazole rings is 1. The molecule has 0 fully saturated rings. The zero-order valence-corrected chi connectivity index (χ0v) is 12.8. The van der Waals surface area contributed by atoms with E-state index in [1.807, 2.05) is 60.7 Å². The second kappa shape index (κ2) is 6.01.